The Morgan fingerprint density at radius 2 is 1.74 bits per heavy atom. The Kier molecular flexibility index (Phi) is 5.80. The summed E-state index contributed by atoms with van der Waals surface area (Å²) >= 11 is 0. The summed E-state index contributed by atoms with van der Waals surface area (Å²) in [4.78, 5) is 39.9. The summed E-state index contributed by atoms with van der Waals surface area (Å²) in [6.07, 6.45) is -5.35. The van der Waals surface area contributed by atoms with Crippen LogP contribution < -0.4 is 5.32 Å². The van der Waals surface area contributed by atoms with Gasteiger partial charge in [-0.2, -0.15) is 13.2 Å². The quantitative estimate of drug-likeness (QED) is 0.755. The molecule has 3 rings (SSSR count). The highest BCUT2D eigenvalue weighted by molar-refractivity contribution is 6.13. The van der Waals surface area contributed by atoms with Gasteiger partial charge in [-0.15, -0.1) is 0 Å². The van der Waals surface area contributed by atoms with Crippen LogP contribution in [0.25, 0.3) is 0 Å². The van der Waals surface area contributed by atoms with E-state index in [0.29, 0.717) is 5.56 Å². The molecule has 5 nitrogen and oxygen atoms in total. The number of hydrogen-bond donors (Lipinski definition) is 1. The average Bonchev–Trinajstić information content (AvgIpc) is 2.84. The van der Waals surface area contributed by atoms with E-state index in [2.05, 4.69) is 0 Å². The highest BCUT2D eigenvalue weighted by atomic mass is 19.4. The van der Waals surface area contributed by atoms with Crippen LogP contribution in [0.15, 0.2) is 41.6 Å². The average molecular weight is 436 g/mol. The summed E-state index contributed by atoms with van der Waals surface area (Å²) in [6, 6.07) is 8.62. The minimum atomic E-state index is -5.17. The minimum absolute atomic E-state index is 0.0530. The number of amides is 2. The molecule has 31 heavy (non-hydrogen) atoms. The molecule has 0 radical (unpaired) electrons. The monoisotopic (exact) mass is 436 g/mol. The third-order valence-electron chi connectivity index (χ3n) is 5.65. The Bertz CT molecular complexity index is 935. The van der Waals surface area contributed by atoms with Gasteiger partial charge in [0.25, 0.3) is 5.91 Å². The molecule has 8 heteroatoms. The van der Waals surface area contributed by atoms with Gasteiger partial charge in [0.1, 0.15) is 0 Å². The van der Waals surface area contributed by atoms with Gasteiger partial charge in [0.2, 0.25) is 11.4 Å². The van der Waals surface area contributed by atoms with Crippen molar-refractivity contribution in [3.63, 3.8) is 0 Å². The SMILES string of the molecule is CC(C)CC(=O)N[C@@]1(C(F)(F)F)C(=O)N(Cc2ccccc2)C2=C1C(=O)CC(C)(C)C2. The molecule has 0 fully saturated rings. The second kappa shape index (κ2) is 7.80. The summed E-state index contributed by atoms with van der Waals surface area (Å²) < 4.78 is 43.7. The molecule has 0 saturated carbocycles. The van der Waals surface area contributed by atoms with Gasteiger partial charge in [-0.05, 0) is 23.3 Å². The number of rotatable bonds is 5. The van der Waals surface area contributed by atoms with Crippen molar-refractivity contribution in [2.24, 2.45) is 11.3 Å². The van der Waals surface area contributed by atoms with E-state index in [1.54, 1.807) is 58.0 Å². The van der Waals surface area contributed by atoms with Crippen LogP contribution in [0.3, 0.4) is 0 Å². The molecule has 2 aliphatic rings. The maximum atomic E-state index is 14.6. The second-order valence-corrected chi connectivity index (χ2v) is 9.53. The van der Waals surface area contributed by atoms with Crippen LogP contribution in [-0.4, -0.2) is 34.2 Å². The Morgan fingerprint density at radius 3 is 2.29 bits per heavy atom. The summed E-state index contributed by atoms with van der Waals surface area (Å²) in [5, 5.41) is 1.95. The van der Waals surface area contributed by atoms with Crippen molar-refractivity contribution in [3.05, 3.63) is 47.2 Å². The zero-order valence-corrected chi connectivity index (χ0v) is 18.1. The van der Waals surface area contributed by atoms with E-state index in [4.69, 9.17) is 0 Å². The van der Waals surface area contributed by atoms with E-state index in [0.717, 1.165) is 4.90 Å². The Balaban J connectivity index is 2.17. The molecule has 0 bridgehead atoms. The van der Waals surface area contributed by atoms with Crippen molar-refractivity contribution < 1.29 is 27.6 Å². The molecular weight excluding hydrogens is 409 g/mol. The largest absolute Gasteiger partial charge is 0.425 e. The van der Waals surface area contributed by atoms with E-state index in [9.17, 15) is 27.6 Å². The number of ketones is 1. The first-order valence-electron chi connectivity index (χ1n) is 10.3. The lowest BCUT2D eigenvalue weighted by atomic mass is 9.72. The topological polar surface area (TPSA) is 66.5 Å². The van der Waals surface area contributed by atoms with Gasteiger partial charge in [0.05, 0.1) is 12.1 Å². The zero-order chi connectivity index (χ0) is 23.2. The van der Waals surface area contributed by atoms with E-state index in [1.165, 1.54) is 0 Å². The van der Waals surface area contributed by atoms with Crippen LogP contribution >= 0.6 is 0 Å². The molecule has 2 amide bonds. The standard InChI is InChI=1S/C23H27F3N2O3/c1-14(2)10-18(30)27-22(23(24,25)26)19-16(11-21(3,4)12-17(19)29)28(20(22)31)13-15-8-6-5-7-9-15/h5-9,14H,10-13H2,1-4H3,(H,27,30)/t22-/m1/s1. The molecule has 1 N–H and O–H groups in total. The number of halogens is 3. The van der Waals surface area contributed by atoms with Crippen molar-refractivity contribution in [1.82, 2.24) is 10.2 Å². The minimum Gasteiger partial charge on any atom is -0.330 e. The summed E-state index contributed by atoms with van der Waals surface area (Å²) in [6.45, 7) is 6.84. The Hall–Kier alpha value is -2.64. The van der Waals surface area contributed by atoms with Crippen molar-refractivity contribution >= 4 is 17.6 Å². The fraction of sp³-hybridized carbons (Fsp3) is 0.522. The molecule has 1 aromatic carbocycles. The van der Waals surface area contributed by atoms with Crippen molar-refractivity contribution in [2.45, 2.75) is 65.2 Å². The maximum absolute atomic E-state index is 14.6. The van der Waals surface area contributed by atoms with Gasteiger partial charge < -0.3 is 10.2 Å². The summed E-state index contributed by atoms with van der Waals surface area (Å²) in [5.74, 6) is -3.20. The first-order valence-corrected chi connectivity index (χ1v) is 10.3. The number of nitrogens with one attached hydrogen (secondary N) is 1. The smallest absolute Gasteiger partial charge is 0.330 e. The second-order valence-electron chi connectivity index (χ2n) is 9.53. The van der Waals surface area contributed by atoms with Gasteiger partial charge in [-0.1, -0.05) is 58.0 Å². The number of nitrogens with zero attached hydrogens (tertiary/aromatic N) is 1. The van der Waals surface area contributed by atoms with Gasteiger partial charge in [0.15, 0.2) is 5.78 Å². The van der Waals surface area contributed by atoms with Crippen LogP contribution in [-0.2, 0) is 20.9 Å². The molecule has 1 atom stereocenters. The van der Waals surface area contributed by atoms with Gasteiger partial charge in [-0.3, -0.25) is 14.4 Å². The molecule has 1 heterocycles. The number of carbonyl (C=O) groups excluding carboxylic acids is 3. The summed E-state index contributed by atoms with van der Waals surface area (Å²) in [7, 11) is 0. The number of alkyl halides is 3. The molecule has 1 aliphatic carbocycles. The van der Waals surface area contributed by atoms with Crippen LogP contribution in [0, 0.1) is 11.3 Å². The van der Waals surface area contributed by atoms with E-state index in [-0.39, 0.29) is 37.4 Å². The lowest BCUT2D eigenvalue weighted by Gasteiger charge is -2.35. The van der Waals surface area contributed by atoms with Crippen molar-refractivity contribution in [3.8, 4) is 0 Å². The highest BCUT2D eigenvalue weighted by Gasteiger charge is 2.71. The molecule has 1 aromatic rings. The number of carbonyl (C=O) groups is 3. The van der Waals surface area contributed by atoms with E-state index < -0.39 is 40.3 Å². The first-order chi connectivity index (χ1) is 14.3. The maximum Gasteiger partial charge on any atom is 0.425 e. The van der Waals surface area contributed by atoms with Gasteiger partial charge in [-0.25, -0.2) is 0 Å². The van der Waals surface area contributed by atoms with Crippen molar-refractivity contribution in [1.29, 1.82) is 0 Å². The number of Topliss-reactive ketones (excluding diaryl/α,β-unsaturated/α-hetero) is 1. The van der Waals surface area contributed by atoms with Crippen LogP contribution in [0.1, 0.15) is 52.5 Å². The Morgan fingerprint density at radius 1 is 1.13 bits per heavy atom. The predicted molar refractivity (Wildman–Crippen MR) is 108 cm³/mol. The number of benzene rings is 1. The first kappa shape index (κ1) is 23.0. The third kappa shape index (κ3) is 4.12. The number of hydrogen-bond acceptors (Lipinski definition) is 3. The lowest BCUT2D eigenvalue weighted by molar-refractivity contribution is -0.195. The molecule has 1 aliphatic heterocycles. The molecule has 0 saturated heterocycles. The Labute approximate surface area is 179 Å². The van der Waals surface area contributed by atoms with E-state index >= 15 is 0 Å². The highest BCUT2D eigenvalue weighted by Crippen LogP contribution is 2.52. The zero-order valence-electron chi connectivity index (χ0n) is 18.1. The molecule has 0 aromatic heterocycles. The molecule has 168 valence electrons. The molecule has 0 spiro atoms. The molecular formula is C23H27F3N2O3. The van der Waals surface area contributed by atoms with Crippen LogP contribution in [0.2, 0.25) is 0 Å². The van der Waals surface area contributed by atoms with E-state index in [1.807, 2.05) is 5.32 Å². The fourth-order valence-corrected chi connectivity index (χ4v) is 4.39. The summed E-state index contributed by atoms with van der Waals surface area (Å²) in [5.41, 5.74) is -3.90. The number of allylic oxidation sites excluding steroid dienone is 1. The fourth-order valence-electron chi connectivity index (χ4n) is 4.39. The lowest BCUT2D eigenvalue weighted by Crippen LogP contribution is -2.66. The van der Waals surface area contributed by atoms with Crippen LogP contribution in [0.5, 0.6) is 0 Å². The molecule has 0 unspecified atom stereocenters. The van der Waals surface area contributed by atoms with Gasteiger partial charge in [0, 0.05) is 18.5 Å². The van der Waals surface area contributed by atoms with Crippen LogP contribution in [0.4, 0.5) is 13.2 Å². The third-order valence-corrected chi connectivity index (χ3v) is 5.65. The van der Waals surface area contributed by atoms with Gasteiger partial charge >= 0.3 is 6.18 Å². The predicted octanol–water partition coefficient (Wildman–Crippen LogP) is 4.14. The normalized spacial score (nSPS) is 23.4. The van der Waals surface area contributed by atoms with Crippen molar-refractivity contribution in [2.75, 3.05) is 0 Å².